The summed E-state index contributed by atoms with van der Waals surface area (Å²) < 4.78 is 0. The maximum absolute atomic E-state index is 2.41. The average molecular weight is 309 g/mol. The van der Waals surface area contributed by atoms with Gasteiger partial charge in [0.2, 0.25) is 0 Å². The smallest absolute Gasteiger partial charge is 0.0161 e. The molecule has 124 valence electrons. The van der Waals surface area contributed by atoms with E-state index in [2.05, 4.69) is 66.7 Å². The molecule has 0 aromatic heterocycles. The van der Waals surface area contributed by atoms with E-state index in [1.165, 1.54) is 44.5 Å². The Bertz CT molecular complexity index is 745. The Morgan fingerprint density at radius 3 is 1.96 bits per heavy atom. The largest absolute Gasteiger partial charge is 0.0683 e. The Kier molecular flexibility index (Phi) is 4.76. The number of benzene rings is 2. The van der Waals surface area contributed by atoms with Gasteiger partial charge in [-0.25, -0.2) is 0 Å². The molecule has 0 radical (unpaired) electrons. The van der Waals surface area contributed by atoms with Crippen molar-refractivity contribution < 1.29 is 0 Å². The molecule has 2 aromatic carbocycles. The summed E-state index contributed by atoms with van der Waals surface area (Å²) in [4.78, 5) is 0. The second-order valence-electron chi connectivity index (χ2n) is 7.19. The molecule has 0 fully saturated rings. The van der Waals surface area contributed by atoms with Gasteiger partial charge in [-0.2, -0.15) is 0 Å². The number of hydrogen-bond acceptors (Lipinski definition) is 0. The fourth-order valence-electron chi connectivity index (χ4n) is 4.16. The van der Waals surface area contributed by atoms with Gasteiger partial charge in [0.1, 0.15) is 0 Å². The zero-order chi connectivity index (χ0) is 17.5. The maximum Gasteiger partial charge on any atom is 0.0161 e. The van der Waals surface area contributed by atoms with Gasteiger partial charge in [-0.3, -0.25) is 0 Å². The Hall–Kier alpha value is -1.56. The van der Waals surface area contributed by atoms with Crippen molar-refractivity contribution in [1.29, 1.82) is 0 Å². The van der Waals surface area contributed by atoms with E-state index in [0.717, 1.165) is 6.42 Å². The van der Waals surface area contributed by atoms with Gasteiger partial charge < -0.3 is 0 Å². The van der Waals surface area contributed by atoms with Crippen LogP contribution in [0.3, 0.4) is 0 Å². The van der Waals surface area contributed by atoms with E-state index in [9.17, 15) is 0 Å². The van der Waals surface area contributed by atoms with E-state index in [-0.39, 0.29) is 5.41 Å². The summed E-state index contributed by atoms with van der Waals surface area (Å²) in [6.45, 7) is 20.1. The first-order chi connectivity index (χ1) is 10.8. The minimum Gasteiger partial charge on any atom is -0.0683 e. The number of aryl methyl sites for hydroxylation is 4. The van der Waals surface area contributed by atoms with E-state index >= 15 is 0 Å². The second kappa shape index (κ2) is 6.15. The Morgan fingerprint density at radius 1 is 0.826 bits per heavy atom. The first-order valence-electron chi connectivity index (χ1n) is 9.04. The van der Waals surface area contributed by atoms with Crippen LogP contribution < -0.4 is 0 Å². The summed E-state index contributed by atoms with van der Waals surface area (Å²) >= 11 is 0. The van der Waals surface area contributed by atoms with Crippen LogP contribution in [0.1, 0.15) is 73.6 Å². The molecule has 0 atom stereocenters. The molecule has 0 bridgehead atoms. The highest BCUT2D eigenvalue weighted by molar-refractivity contribution is 5.85. The quantitative estimate of drug-likeness (QED) is 0.542. The molecular weight excluding hydrogens is 276 g/mol. The van der Waals surface area contributed by atoms with E-state index < -0.39 is 0 Å². The van der Waals surface area contributed by atoms with E-state index in [1.54, 1.807) is 5.56 Å². The fraction of sp³-hybridized carbons (Fsp3) is 0.478. The summed E-state index contributed by atoms with van der Waals surface area (Å²) in [5, 5.41) is 0. The van der Waals surface area contributed by atoms with Gasteiger partial charge in [0.15, 0.2) is 0 Å². The van der Waals surface area contributed by atoms with Gasteiger partial charge in [0, 0.05) is 5.41 Å². The minimum atomic E-state index is 0.114. The zero-order valence-corrected chi connectivity index (χ0v) is 16.4. The van der Waals surface area contributed by atoms with Crippen molar-refractivity contribution in [2.24, 2.45) is 0 Å². The molecule has 0 saturated carbocycles. The number of rotatable bonds is 1. The molecule has 0 heteroatoms. The normalized spacial score (nSPS) is 14.0. The van der Waals surface area contributed by atoms with Crippen LogP contribution in [0.15, 0.2) is 18.2 Å². The first-order valence-corrected chi connectivity index (χ1v) is 9.04. The third kappa shape index (κ3) is 2.53. The lowest BCUT2D eigenvalue weighted by Crippen LogP contribution is -2.17. The van der Waals surface area contributed by atoms with Crippen molar-refractivity contribution in [2.75, 3.05) is 0 Å². The third-order valence-corrected chi connectivity index (χ3v) is 5.47. The van der Waals surface area contributed by atoms with Crippen LogP contribution in [0.5, 0.6) is 0 Å². The molecule has 0 amide bonds. The molecule has 0 spiro atoms. The standard InChI is InChI=1S/C21H26.C2H6/c1-8-16-9-14(4)19-17-10-12(2)13(3)11-18(17)21(6,7)20(19)15(16)5;1-2/h9-11H,8H2,1-7H3;1-2H3. The van der Waals surface area contributed by atoms with E-state index in [1.807, 2.05) is 13.8 Å². The molecule has 0 saturated heterocycles. The molecular formula is C23H32. The monoisotopic (exact) mass is 308 g/mol. The SMILES string of the molecule is CC.CCc1cc(C)c2c(c1C)C(C)(C)c1cc(C)c(C)cc1-2. The second-order valence-corrected chi connectivity index (χ2v) is 7.19. The lowest BCUT2D eigenvalue weighted by atomic mass is 9.78. The van der Waals surface area contributed by atoms with Crippen LogP contribution in [0.2, 0.25) is 0 Å². The van der Waals surface area contributed by atoms with Crippen molar-refractivity contribution in [3.63, 3.8) is 0 Å². The minimum absolute atomic E-state index is 0.114. The summed E-state index contributed by atoms with van der Waals surface area (Å²) in [6, 6.07) is 7.21. The van der Waals surface area contributed by atoms with Crippen LogP contribution in [0.4, 0.5) is 0 Å². The van der Waals surface area contributed by atoms with Crippen LogP contribution in [-0.2, 0) is 11.8 Å². The molecule has 2 aromatic rings. The predicted octanol–water partition coefficient (Wildman–Crippen LogP) is 6.82. The highest BCUT2D eigenvalue weighted by Gasteiger charge is 2.38. The van der Waals surface area contributed by atoms with Crippen LogP contribution >= 0.6 is 0 Å². The molecule has 3 rings (SSSR count). The first kappa shape index (κ1) is 17.8. The molecule has 1 aliphatic rings. The van der Waals surface area contributed by atoms with Gasteiger partial charge in [-0.15, -0.1) is 0 Å². The van der Waals surface area contributed by atoms with E-state index in [4.69, 9.17) is 0 Å². The molecule has 0 unspecified atom stereocenters. The van der Waals surface area contributed by atoms with Gasteiger partial charge in [-0.05, 0) is 84.2 Å². The topological polar surface area (TPSA) is 0 Å². The zero-order valence-electron chi connectivity index (χ0n) is 16.4. The maximum atomic E-state index is 2.41. The van der Waals surface area contributed by atoms with Crippen molar-refractivity contribution in [2.45, 2.75) is 74.1 Å². The summed E-state index contributed by atoms with van der Waals surface area (Å²) in [5.74, 6) is 0. The van der Waals surface area contributed by atoms with Crippen LogP contribution in [-0.4, -0.2) is 0 Å². The van der Waals surface area contributed by atoms with Crippen LogP contribution in [0.25, 0.3) is 11.1 Å². The highest BCUT2D eigenvalue weighted by Crippen LogP contribution is 2.52. The van der Waals surface area contributed by atoms with Crippen molar-refractivity contribution >= 4 is 0 Å². The van der Waals surface area contributed by atoms with Crippen molar-refractivity contribution in [3.8, 4) is 11.1 Å². The lowest BCUT2D eigenvalue weighted by molar-refractivity contribution is 0.653. The molecule has 0 aliphatic heterocycles. The molecule has 23 heavy (non-hydrogen) atoms. The summed E-state index contributed by atoms with van der Waals surface area (Å²) in [7, 11) is 0. The molecule has 0 heterocycles. The number of hydrogen-bond donors (Lipinski definition) is 0. The summed E-state index contributed by atoms with van der Waals surface area (Å²) in [6.07, 6.45) is 1.12. The lowest BCUT2D eigenvalue weighted by Gasteiger charge is -2.25. The Morgan fingerprint density at radius 2 is 1.39 bits per heavy atom. The molecule has 1 aliphatic carbocycles. The van der Waals surface area contributed by atoms with Crippen molar-refractivity contribution in [1.82, 2.24) is 0 Å². The Labute approximate surface area is 143 Å². The van der Waals surface area contributed by atoms with Gasteiger partial charge >= 0.3 is 0 Å². The van der Waals surface area contributed by atoms with Crippen molar-refractivity contribution in [3.05, 3.63) is 57.1 Å². The fourth-order valence-corrected chi connectivity index (χ4v) is 4.16. The molecule has 0 nitrogen and oxygen atoms in total. The Balaban J connectivity index is 0.000000924. The molecule has 0 N–H and O–H groups in total. The van der Waals surface area contributed by atoms with E-state index in [0.29, 0.717) is 0 Å². The van der Waals surface area contributed by atoms with Gasteiger partial charge in [-0.1, -0.05) is 52.8 Å². The average Bonchev–Trinajstić information content (AvgIpc) is 2.74. The highest BCUT2D eigenvalue weighted by atomic mass is 14.4. The van der Waals surface area contributed by atoms with Gasteiger partial charge in [0.25, 0.3) is 0 Å². The van der Waals surface area contributed by atoms with Gasteiger partial charge in [0.05, 0.1) is 0 Å². The predicted molar refractivity (Wildman–Crippen MR) is 104 cm³/mol. The number of fused-ring (bicyclic) bond motifs is 3. The van der Waals surface area contributed by atoms with Crippen LogP contribution in [0, 0.1) is 27.7 Å². The summed E-state index contributed by atoms with van der Waals surface area (Å²) in [5.41, 5.74) is 13.4. The third-order valence-electron chi connectivity index (χ3n) is 5.47.